The van der Waals surface area contributed by atoms with Crippen LogP contribution in [0, 0.1) is 12.8 Å². The van der Waals surface area contributed by atoms with E-state index in [1.54, 1.807) is 4.68 Å². The predicted molar refractivity (Wildman–Crippen MR) is 93.5 cm³/mol. The Morgan fingerprint density at radius 3 is 2.71 bits per heavy atom. The maximum atomic E-state index is 12.5. The first-order valence-electron chi connectivity index (χ1n) is 8.52. The number of aryl methyl sites for hydroxylation is 1. The normalized spacial score (nSPS) is 20.6. The number of para-hydroxylation sites is 1. The number of benzene rings is 1. The van der Waals surface area contributed by atoms with E-state index in [4.69, 9.17) is 0 Å². The monoisotopic (exact) mass is 325 g/mol. The Hall–Kier alpha value is -2.43. The van der Waals surface area contributed by atoms with Gasteiger partial charge in [0, 0.05) is 17.8 Å². The molecule has 1 aliphatic rings. The Bertz CT molecular complexity index is 783. The van der Waals surface area contributed by atoms with Gasteiger partial charge in [-0.2, -0.15) is 5.10 Å². The van der Waals surface area contributed by atoms with Crippen molar-refractivity contribution in [1.29, 1.82) is 0 Å². The fraction of sp³-hybridized carbons (Fsp3) is 0.421. The average Bonchev–Trinajstić information content (AvgIpc) is 2.55. The van der Waals surface area contributed by atoms with Gasteiger partial charge < -0.3 is 5.32 Å². The third kappa shape index (κ3) is 3.55. The fourth-order valence-electron chi connectivity index (χ4n) is 3.35. The molecule has 1 fully saturated rings. The van der Waals surface area contributed by atoms with Crippen molar-refractivity contribution in [2.45, 2.75) is 45.6 Å². The summed E-state index contributed by atoms with van der Waals surface area (Å²) < 4.78 is 1.64. The molecule has 1 N–H and O–H groups in total. The van der Waals surface area contributed by atoms with Gasteiger partial charge in [-0.3, -0.25) is 9.59 Å². The van der Waals surface area contributed by atoms with Gasteiger partial charge in [-0.05, 0) is 37.8 Å². The molecular weight excluding hydrogens is 302 g/mol. The lowest BCUT2D eigenvalue weighted by molar-refractivity contribution is 0.0913. The lowest BCUT2D eigenvalue weighted by Gasteiger charge is -2.27. The van der Waals surface area contributed by atoms with Crippen molar-refractivity contribution in [2.75, 3.05) is 0 Å². The van der Waals surface area contributed by atoms with E-state index in [0.29, 0.717) is 11.6 Å². The van der Waals surface area contributed by atoms with Crippen LogP contribution in [0.5, 0.6) is 0 Å². The minimum Gasteiger partial charge on any atom is -0.348 e. The molecule has 3 rings (SSSR count). The quantitative estimate of drug-likeness (QED) is 0.944. The highest BCUT2D eigenvalue weighted by Crippen LogP contribution is 2.23. The van der Waals surface area contributed by atoms with Gasteiger partial charge in [0.1, 0.15) is 0 Å². The lowest BCUT2D eigenvalue weighted by Crippen LogP contribution is -2.40. The highest BCUT2D eigenvalue weighted by atomic mass is 16.2. The van der Waals surface area contributed by atoms with Crippen LogP contribution in [0.1, 0.15) is 48.8 Å². The number of amides is 1. The minimum absolute atomic E-state index is 0.0392. The number of hydrogen-bond donors (Lipinski definition) is 1. The zero-order valence-corrected chi connectivity index (χ0v) is 14.2. The summed E-state index contributed by atoms with van der Waals surface area (Å²) in [7, 11) is 0. The van der Waals surface area contributed by atoms with Crippen molar-refractivity contribution >= 4 is 5.91 Å². The van der Waals surface area contributed by atoms with Gasteiger partial charge in [-0.25, -0.2) is 4.68 Å². The number of aromatic nitrogens is 2. The third-order valence-corrected chi connectivity index (χ3v) is 4.59. The molecule has 24 heavy (non-hydrogen) atoms. The Morgan fingerprint density at radius 2 is 2.00 bits per heavy atom. The molecule has 0 bridgehead atoms. The maximum absolute atomic E-state index is 12.5. The number of rotatable bonds is 3. The zero-order chi connectivity index (χ0) is 17.1. The van der Waals surface area contributed by atoms with E-state index in [1.165, 1.54) is 12.5 Å². The second-order valence-electron chi connectivity index (χ2n) is 6.69. The van der Waals surface area contributed by atoms with Crippen LogP contribution in [0.25, 0.3) is 5.69 Å². The molecule has 0 radical (unpaired) electrons. The molecular formula is C19H23N3O2. The van der Waals surface area contributed by atoms with Crippen molar-refractivity contribution in [3.8, 4) is 5.69 Å². The minimum atomic E-state index is -0.371. The van der Waals surface area contributed by atoms with Gasteiger partial charge in [-0.1, -0.05) is 38.0 Å². The van der Waals surface area contributed by atoms with Crippen molar-refractivity contribution < 1.29 is 4.79 Å². The van der Waals surface area contributed by atoms with Gasteiger partial charge >= 0.3 is 0 Å². The van der Waals surface area contributed by atoms with Crippen LogP contribution in [0.2, 0.25) is 0 Å². The fourth-order valence-corrected chi connectivity index (χ4v) is 3.35. The second kappa shape index (κ2) is 6.99. The summed E-state index contributed by atoms with van der Waals surface area (Å²) in [5, 5.41) is 7.31. The van der Waals surface area contributed by atoms with Crippen LogP contribution in [0.15, 0.2) is 41.2 Å². The van der Waals surface area contributed by atoms with Gasteiger partial charge in [0.15, 0.2) is 5.69 Å². The van der Waals surface area contributed by atoms with E-state index in [2.05, 4.69) is 17.3 Å². The second-order valence-corrected chi connectivity index (χ2v) is 6.69. The summed E-state index contributed by atoms with van der Waals surface area (Å²) in [6, 6.07) is 11.1. The zero-order valence-electron chi connectivity index (χ0n) is 14.2. The van der Waals surface area contributed by atoms with E-state index >= 15 is 0 Å². The molecule has 1 aromatic heterocycles. The van der Waals surface area contributed by atoms with Crippen molar-refractivity contribution in [1.82, 2.24) is 15.1 Å². The molecule has 5 heteroatoms. The lowest BCUT2D eigenvalue weighted by atomic mass is 9.87. The topological polar surface area (TPSA) is 64.0 Å². The summed E-state index contributed by atoms with van der Waals surface area (Å²) in [6.07, 6.45) is 4.25. The highest BCUT2D eigenvalue weighted by Gasteiger charge is 2.23. The molecule has 0 spiro atoms. The first kappa shape index (κ1) is 16.4. The molecule has 0 saturated heterocycles. The first-order valence-corrected chi connectivity index (χ1v) is 8.52. The van der Waals surface area contributed by atoms with Crippen molar-refractivity contribution in [3.05, 3.63) is 58.0 Å². The molecule has 1 aliphatic carbocycles. The highest BCUT2D eigenvalue weighted by molar-refractivity contribution is 5.92. The molecule has 2 unspecified atom stereocenters. The summed E-state index contributed by atoms with van der Waals surface area (Å²) in [4.78, 5) is 24.8. The summed E-state index contributed by atoms with van der Waals surface area (Å²) in [5.74, 6) is 0.236. The number of carbonyl (C=O) groups excluding carboxylic acids is 1. The van der Waals surface area contributed by atoms with E-state index in [9.17, 15) is 9.59 Å². The Labute approximate surface area is 141 Å². The largest absolute Gasteiger partial charge is 0.348 e. The SMILES string of the molecule is Cc1cc(=O)c(C(=O)NC2CCCC(C)C2)nn1-c1ccccc1. The van der Waals surface area contributed by atoms with Gasteiger partial charge in [-0.15, -0.1) is 0 Å². The van der Waals surface area contributed by atoms with E-state index < -0.39 is 0 Å². The summed E-state index contributed by atoms with van der Waals surface area (Å²) in [5.41, 5.74) is 1.16. The predicted octanol–water partition coefficient (Wildman–Crippen LogP) is 2.85. The molecule has 2 atom stereocenters. The van der Waals surface area contributed by atoms with E-state index in [-0.39, 0.29) is 23.1 Å². The molecule has 1 saturated carbocycles. The summed E-state index contributed by atoms with van der Waals surface area (Å²) >= 11 is 0. The molecule has 126 valence electrons. The van der Waals surface area contributed by atoms with Crippen LogP contribution in [0.3, 0.4) is 0 Å². The number of nitrogens with one attached hydrogen (secondary N) is 1. The van der Waals surface area contributed by atoms with Gasteiger partial charge in [0.25, 0.3) is 5.91 Å². The molecule has 5 nitrogen and oxygen atoms in total. The molecule has 1 aromatic carbocycles. The Kier molecular flexibility index (Phi) is 4.79. The smallest absolute Gasteiger partial charge is 0.276 e. The average molecular weight is 325 g/mol. The molecule has 1 heterocycles. The number of nitrogens with zero attached hydrogens (tertiary/aromatic N) is 2. The first-order chi connectivity index (χ1) is 11.5. The molecule has 2 aromatic rings. The van der Waals surface area contributed by atoms with E-state index in [0.717, 1.165) is 24.9 Å². The standard InChI is InChI=1S/C19H23N3O2/c1-13-7-6-8-15(11-13)20-19(24)18-17(23)12-14(2)22(21-18)16-9-4-3-5-10-16/h3-5,9-10,12-13,15H,6-8,11H2,1-2H3,(H,20,24). The maximum Gasteiger partial charge on any atom is 0.276 e. The number of carbonyl (C=O) groups is 1. The molecule has 0 aliphatic heterocycles. The summed E-state index contributed by atoms with van der Waals surface area (Å²) in [6.45, 7) is 4.01. The van der Waals surface area contributed by atoms with Crippen molar-refractivity contribution in [3.63, 3.8) is 0 Å². The van der Waals surface area contributed by atoms with Crippen LogP contribution in [-0.2, 0) is 0 Å². The Morgan fingerprint density at radius 1 is 1.25 bits per heavy atom. The van der Waals surface area contributed by atoms with Crippen LogP contribution in [0.4, 0.5) is 0 Å². The third-order valence-electron chi connectivity index (χ3n) is 4.59. The van der Waals surface area contributed by atoms with Crippen molar-refractivity contribution in [2.24, 2.45) is 5.92 Å². The van der Waals surface area contributed by atoms with Crippen LogP contribution >= 0.6 is 0 Å². The van der Waals surface area contributed by atoms with E-state index in [1.807, 2.05) is 37.3 Å². The Balaban J connectivity index is 1.87. The molecule has 1 amide bonds. The van der Waals surface area contributed by atoms with Crippen LogP contribution in [-0.4, -0.2) is 21.7 Å². The number of hydrogen-bond acceptors (Lipinski definition) is 3. The van der Waals surface area contributed by atoms with Gasteiger partial charge in [0.2, 0.25) is 5.43 Å². The van der Waals surface area contributed by atoms with Gasteiger partial charge in [0.05, 0.1) is 5.69 Å². The van der Waals surface area contributed by atoms with Crippen LogP contribution < -0.4 is 10.7 Å².